The van der Waals surface area contributed by atoms with Crippen LogP contribution < -0.4 is 11.3 Å². The number of hydrogen-bond donors (Lipinski definition) is 2. The molecule has 2 rings (SSSR count). The lowest BCUT2D eigenvalue weighted by Gasteiger charge is -2.17. The number of halogens is 1. The minimum absolute atomic E-state index is 0.133. The summed E-state index contributed by atoms with van der Waals surface area (Å²) in [7, 11) is 0. The third-order valence-electron chi connectivity index (χ3n) is 3.31. The first-order chi connectivity index (χ1) is 9.10. The Morgan fingerprint density at radius 1 is 1.16 bits per heavy atom. The van der Waals surface area contributed by atoms with Gasteiger partial charge >= 0.3 is 0 Å². The van der Waals surface area contributed by atoms with Gasteiger partial charge in [0.1, 0.15) is 0 Å². The molecule has 0 saturated heterocycles. The van der Waals surface area contributed by atoms with E-state index < -0.39 is 0 Å². The van der Waals surface area contributed by atoms with Crippen LogP contribution in [0.2, 0.25) is 0 Å². The van der Waals surface area contributed by atoms with Crippen molar-refractivity contribution < 1.29 is 0 Å². The van der Waals surface area contributed by atoms with E-state index in [4.69, 9.17) is 5.84 Å². The molecule has 2 nitrogen and oxygen atoms in total. The molecule has 0 aliphatic rings. The van der Waals surface area contributed by atoms with Crippen LogP contribution in [0.4, 0.5) is 0 Å². The van der Waals surface area contributed by atoms with Crippen molar-refractivity contribution >= 4 is 15.9 Å². The summed E-state index contributed by atoms with van der Waals surface area (Å²) < 4.78 is 1.13. The molecule has 2 aromatic rings. The first kappa shape index (κ1) is 14.3. The molecule has 3 N–H and O–H groups in total. The molecule has 0 aliphatic heterocycles. The monoisotopic (exact) mass is 318 g/mol. The number of hydrazine groups is 1. The molecule has 0 saturated carbocycles. The molecule has 3 heteroatoms. The minimum Gasteiger partial charge on any atom is -0.271 e. The van der Waals surface area contributed by atoms with E-state index in [9.17, 15) is 0 Å². The molecular weight excluding hydrogens is 300 g/mol. The normalized spacial score (nSPS) is 12.4. The number of aryl methyl sites for hydroxylation is 2. The van der Waals surface area contributed by atoms with E-state index in [1.165, 1.54) is 22.3 Å². The van der Waals surface area contributed by atoms with Gasteiger partial charge in [0.15, 0.2) is 0 Å². The summed E-state index contributed by atoms with van der Waals surface area (Å²) in [6.45, 7) is 4.20. The van der Waals surface area contributed by atoms with Gasteiger partial charge in [0.25, 0.3) is 0 Å². The van der Waals surface area contributed by atoms with Gasteiger partial charge in [-0.2, -0.15) is 0 Å². The highest BCUT2D eigenvalue weighted by atomic mass is 79.9. The van der Waals surface area contributed by atoms with E-state index in [1.807, 2.05) is 0 Å². The van der Waals surface area contributed by atoms with E-state index in [0.29, 0.717) is 0 Å². The molecule has 1 unspecified atom stereocenters. The molecule has 0 radical (unpaired) electrons. The van der Waals surface area contributed by atoms with Crippen molar-refractivity contribution in [3.05, 3.63) is 69.2 Å². The van der Waals surface area contributed by atoms with Crippen LogP contribution in [0.5, 0.6) is 0 Å². The molecule has 19 heavy (non-hydrogen) atoms. The second-order valence-corrected chi connectivity index (χ2v) is 5.78. The van der Waals surface area contributed by atoms with Gasteiger partial charge in [-0.25, -0.2) is 0 Å². The number of nitrogens with one attached hydrogen (secondary N) is 1. The Kier molecular flexibility index (Phi) is 4.75. The summed E-state index contributed by atoms with van der Waals surface area (Å²) >= 11 is 3.53. The van der Waals surface area contributed by atoms with Gasteiger partial charge in [-0.05, 0) is 43.0 Å². The molecule has 1 atom stereocenters. The smallest absolute Gasteiger partial charge is 0.0500 e. The standard InChI is InChI=1S/C16H19BrN2/c1-11-4-3-5-13(8-11)10-16(19-18)14-6-7-15(17)12(2)9-14/h3-9,16,19H,10,18H2,1-2H3. The fraction of sp³-hybridized carbons (Fsp3) is 0.250. The summed E-state index contributed by atoms with van der Waals surface area (Å²) in [6, 6.07) is 15.0. The average molecular weight is 319 g/mol. The molecule has 0 fully saturated rings. The van der Waals surface area contributed by atoms with E-state index in [1.54, 1.807) is 0 Å². The average Bonchev–Trinajstić information content (AvgIpc) is 2.39. The first-order valence-corrected chi connectivity index (χ1v) is 7.17. The Morgan fingerprint density at radius 3 is 2.58 bits per heavy atom. The van der Waals surface area contributed by atoms with Crippen LogP contribution in [0.1, 0.15) is 28.3 Å². The zero-order chi connectivity index (χ0) is 13.8. The molecule has 0 amide bonds. The second kappa shape index (κ2) is 6.33. The van der Waals surface area contributed by atoms with Gasteiger partial charge in [-0.3, -0.25) is 11.3 Å². The van der Waals surface area contributed by atoms with Gasteiger partial charge in [0.2, 0.25) is 0 Å². The highest BCUT2D eigenvalue weighted by molar-refractivity contribution is 9.10. The van der Waals surface area contributed by atoms with Crippen LogP contribution in [0.25, 0.3) is 0 Å². The van der Waals surface area contributed by atoms with Gasteiger partial charge in [0, 0.05) is 10.5 Å². The Morgan fingerprint density at radius 2 is 1.95 bits per heavy atom. The van der Waals surface area contributed by atoms with Crippen LogP contribution in [-0.2, 0) is 6.42 Å². The topological polar surface area (TPSA) is 38.0 Å². The number of rotatable bonds is 4. The fourth-order valence-corrected chi connectivity index (χ4v) is 2.48. The van der Waals surface area contributed by atoms with Crippen molar-refractivity contribution in [3.63, 3.8) is 0 Å². The summed E-state index contributed by atoms with van der Waals surface area (Å²) in [5.74, 6) is 5.72. The number of nitrogens with two attached hydrogens (primary N) is 1. The van der Waals surface area contributed by atoms with Crippen LogP contribution in [0, 0.1) is 13.8 Å². The third-order valence-corrected chi connectivity index (χ3v) is 4.20. The van der Waals surface area contributed by atoms with Gasteiger partial charge in [0.05, 0.1) is 0 Å². The summed E-state index contributed by atoms with van der Waals surface area (Å²) in [5, 5.41) is 0. The van der Waals surface area contributed by atoms with E-state index in [2.05, 4.69) is 77.7 Å². The van der Waals surface area contributed by atoms with E-state index >= 15 is 0 Å². The van der Waals surface area contributed by atoms with Crippen LogP contribution in [-0.4, -0.2) is 0 Å². The van der Waals surface area contributed by atoms with Crippen LogP contribution in [0.3, 0.4) is 0 Å². The Hall–Kier alpha value is -1.16. The van der Waals surface area contributed by atoms with Crippen LogP contribution >= 0.6 is 15.9 Å². The molecule has 0 bridgehead atoms. The molecule has 0 aromatic heterocycles. The molecule has 0 heterocycles. The maximum absolute atomic E-state index is 5.72. The maximum atomic E-state index is 5.72. The van der Waals surface area contributed by atoms with Crippen molar-refractivity contribution in [2.24, 2.45) is 5.84 Å². The van der Waals surface area contributed by atoms with Crippen molar-refractivity contribution in [2.45, 2.75) is 26.3 Å². The van der Waals surface area contributed by atoms with Crippen molar-refractivity contribution in [1.29, 1.82) is 0 Å². The first-order valence-electron chi connectivity index (χ1n) is 6.38. The summed E-state index contributed by atoms with van der Waals surface area (Å²) in [5.41, 5.74) is 7.93. The zero-order valence-electron chi connectivity index (χ0n) is 11.3. The fourth-order valence-electron chi connectivity index (χ4n) is 2.23. The van der Waals surface area contributed by atoms with Crippen molar-refractivity contribution in [3.8, 4) is 0 Å². The van der Waals surface area contributed by atoms with Gasteiger partial charge in [-0.1, -0.05) is 57.9 Å². The van der Waals surface area contributed by atoms with Gasteiger partial charge < -0.3 is 0 Å². The molecule has 100 valence electrons. The van der Waals surface area contributed by atoms with Crippen molar-refractivity contribution in [2.75, 3.05) is 0 Å². The lowest BCUT2D eigenvalue weighted by atomic mass is 9.97. The Bertz CT molecular complexity index is 566. The molecule has 2 aromatic carbocycles. The summed E-state index contributed by atoms with van der Waals surface area (Å²) in [6.07, 6.45) is 0.888. The minimum atomic E-state index is 0.133. The highest BCUT2D eigenvalue weighted by Gasteiger charge is 2.11. The van der Waals surface area contributed by atoms with Crippen molar-refractivity contribution in [1.82, 2.24) is 5.43 Å². The maximum Gasteiger partial charge on any atom is 0.0500 e. The second-order valence-electron chi connectivity index (χ2n) is 4.92. The number of hydrogen-bond acceptors (Lipinski definition) is 2. The Labute approximate surface area is 123 Å². The SMILES string of the molecule is Cc1cccc(CC(NN)c2ccc(Br)c(C)c2)c1. The van der Waals surface area contributed by atoms with Gasteiger partial charge in [-0.15, -0.1) is 0 Å². The largest absolute Gasteiger partial charge is 0.271 e. The van der Waals surface area contributed by atoms with E-state index in [0.717, 1.165) is 10.9 Å². The molecule has 0 spiro atoms. The zero-order valence-corrected chi connectivity index (χ0v) is 12.9. The number of benzene rings is 2. The van der Waals surface area contributed by atoms with Crippen LogP contribution in [0.15, 0.2) is 46.9 Å². The molecular formula is C16H19BrN2. The lowest BCUT2D eigenvalue weighted by molar-refractivity contribution is 0.551. The summed E-state index contributed by atoms with van der Waals surface area (Å²) in [4.78, 5) is 0. The third kappa shape index (κ3) is 3.66. The molecule has 0 aliphatic carbocycles. The van der Waals surface area contributed by atoms with E-state index in [-0.39, 0.29) is 6.04 Å². The quantitative estimate of drug-likeness (QED) is 0.664. The Balaban J connectivity index is 2.22. The predicted octanol–water partition coefficient (Wildman–Crippen LogP) is 3.81. The predicted molar refractivity (Wildman–Crippen MR) is 83.8 cm³/mol. The highest BCUT2D eigenvalue weighted by Crippen LogP contribution is 2.23. The lowest BCUT2D eigenvalue weighted by Crippen LogP contribution is -2.29.